The number of rotatable bonds is 6. The van der Waals surface area contributed by atoms with Gasteiger partial charge in [0.2, 0.25) is 0 Å². The van der Waals surface area contributed by atoms with Crippen molar-refractivity contribution in [3.63, 3.8) is 0 Å². The fourth-order valence-corrected chi connectivity index (χ4v) is 6.22. The molecule has 3 aromatic carbocycles. The monoisotopic (exact) mass is 514 g/mol. The highest BCUT2D eigenvalue weighted by atomic mass is 35.5. The standard InChI is InChI=1S/C26H24Cl2N2O3S/c1-2-33-25-9-4-3-8-24(25)30-34(31,32)17-11-13-23-20(15-17)18-6-5-7-19(18)26(29-23)16-10-12-21(27)22(28)14-16/h3-6,8-15,18-19,26,29-30H,2,7H2,1H3/t18-,19+,26+/m0/s1. The van der Waals surface area contributed by atoms with E-state index in [1.807, 2.05) is 37.3 Å². The number of sulfonamides is 1. The summed E-state index contributed by atoms with van der Waals surface area (Å²) >= 11 is 12.4. The van der Waals surface area contributed by atoms with Crippen molar-refractivity contribution < 1.29 is 13.2 Å². The molecule has 3 atom stereocenters. The smallest absolute Gasteiger partial charge is 0.262 e. The van der Waals surface area contributed by atoms with Crippen LogP contribution in [0.1, 0.15) is 36.4 Å². The predicted molar refractivity (Wildman–Crippen MR) is 138 cm³/mol. The Bertz CT molecular complexity index is 1370. The fourth-order valence-electron chi connectivity index (χ4n) is 4.81. The first-order chi connectivity index (χ1) is 16.4. The number of benzene rings is 3. The molecule has 1 heterocycles. The van der Waals surface area contributed by atoms with Crippen molar-refractivity contribution in [1.29, 1.82) is 0 Å². The minimum atomic E-state index is -3.81. The highest BCUT2D eigenvalue weighted by Gasteiger charge is 2.38. The van der Waals surface area contributed by atoms with E-state index in [2.05, 4.69) is 22.2 Å². The van der Waals surface area contributed by atoms with Crippen molar-refractivity contribution >= 4 is 44.6 Å². The molecule has 8 heteroatoms. The minimum Gasteiger partial charge on any atom is -0.492 e. The maximum atomic E-state index is 13.3. The molecule has 0 saturated heterocycles. The van der Waals surface area contributed by atoms with Crippen LogP contribution in [-0.2, 0) is 10.0 Å². The van der Waals surface area contributed by atoms with Gasteiger partial charge in [0.25, 0.3) is 10.0 Å². The second-order valence-electron chi connectivity index (χ2n) is 8.43. The highest BCUT2D eigenvalue weighted by Crippen LogP contribution is 2.50. The molecule has 0 aromatic heterocycles. The summed E-state index contributed by atoms with van der Waals surface area (Å²) in [6.07, 6.45) is 5.22. The molecule has 0 bridgehead atoms. The lowest BCUT2D eigenvalue weighted by Gasteiger charge is -2.37. The molecular weight excluding hydrogens is 491 g/mol. The fraction of sp³-hybridized carbons (Fsp3) is 0.231. The van der Waals surface area contributed by atoms with Crippen molar-refractivity contribution in [2.75, 3.05) is 16.6 Å². The van der Waals surface area contributed by atoms with E-state index in [1.54, 1.807) is 30.3 Å². The van der Waals surface area contributed by atoms with Gasteiger partial charge in [0.15, 0.2) is 0 Å². The van der Waals surface area contributed by atoms with Crippen LogP contribution in [0, 0.1) is 5.92 Å². The van der Waals surface area contributed by atoms with Crippen molar-refractivity contribution in [2.24, 2.45) is 5.92 Å². The van der Waals surface area contributed by atoms with Gasteiger partial charge in [0, 0.05) is 11.6 Å². The lowest BCUT2D eigenvalue weighted by atomic mass is 9.77. The van der Waals surface area contributed by atoms with E-state index in [0.717, 1.165) is 23.2 Å². The lowest BCUT2D eigenvalue weighted by molar-refractivity contribution is 0.342. The van der Waals surface area contributed by atoms with E-state index in [0.29, 0.717) is 28.1 Å². The second kappa shape index (κ2) is 9.17. The zero-order valence-electron chi connectivity index (χ0n) is 18.5. The van der Waals surface area contributed by atoms with Crippen LogP contribution in [0.5, 0.6) is 5.75 Å². The third kappa shape index (κ3) is 4.26. The van der Waals surface area contributed by atoms with E-state index in [9.17, 15) is 8.42 Å². The van der Waals surface area contributed by atoms with Gasteiger partial charge in [0.05, 0.1) is 33.3 Å². The average molecular weight is 515 g/mol. The summed E-state index contributed by atoms with van der Waals surface area (Å²) in [5.41, 5.74) is 3.36. The number of hydrogen-bond acceptors (Lipinski definition) is 4. The molecule has 176 valence electrons. The summed E-state index contributed by atoms with van der Waals surface area (Å²) in [4.78, 5) is 0.214. The Balaban J connectivity index is 1.48. The molecule has 0 spiro atoms. The zero-order valence-corrected chi connectivity index (χ0v) is 20.8. The Morgan fingerprint density at radius 1 is 1.06 bits per heavy atom. The molecule has 0 radical (unpaired) electrons. The van der Waals surface area contributed by atoms with Gasteiger partial charge in [-0.25, -0.2) is 8.42 Å². The maximum Gasteiger partial charge on any atom is 0.262 e. The normalized spacial score (nSPS) is 20.9. The van der Waals surface area contributed by atoms with E-state index in [-0.39, 0.29) is 22.8 Å². The van der Waals surface area contributed by atoms with Crippen LogP contribution in [0.2, 0.25) is 10.0 Å². The van der Waals surface area contributed by atoms with Gasteiger partial charge >= 0.3 is 0 Å². The third-order valence-corrected chi connectivity index (χ3v) is 8.48. The number of ether oxygens (including phenoxy) is 1. The number of hydrogen-bond donors (Lipinski definition) is 2. The summed E-state index contributed by atoms with van der Waals surface area (Å²) in [7, 11) is -3.81. The first-order valence-corrected chi connectivity index (χ1v) is 13.4. The molecule has 1 aliphatic carbocycles. The van der Waals surface area contributed by atoms with Gasteiger partial charge in [-0.1, -0.05) is 53.6 Å². The minimum absolute atomic E-state index is 0.0425. The number of nitrogens with one attached hydrogen (secondary N) is 2. The van der Waals surface area contributed by atoms with Gasteiger partial charge in [-0.3, -0.25) is 4.72 Å². The predicted octanol–water partition coefficient (Wildman–Crippen LogP) is 7.02. The van der Waals surface area contributed by atoms with Crippen molar-refractivity contribution in [1.82, 2.24) is 0 Å². The Morgan fingerprint density at radius 2 is 1.88 bits per heavy atom. The van der Waals surface area contributed by atoms with Crippen LogP contribution in [-0.4, -0.2) is 15.0 Å². The Kier molecular flexibility index (Phi) is 6.23. The average Bonchev–Trinajstić information content (AvgIpc) is 3.32. The molecule has 34 heavy (non-hydrogen) atoms. The zero-order chi connectivity index (χ0) is 23.9. The van der Waals surface area contributed by atoms with E-state index in [4.69, 9.17) is 27.9 Å². The molecule has 2 N–H and O–H groups in total. The molecule has 5 nitrogen and oxygen atoms in total. The van der Waals surface area contributed by atoms with Crippen LogP contribution >= 0.6 is 23.2 Å². The number of para-hydroxylation sites is 2. The summed E-state index contributed by atoms with van der Waals surface area (Å²) in [6, 6.07) is 18.0. The maximum absolute atomic E-state index is 13.3. The highest BCUT2D eigenvalue weighted by molar-refractivity contribution is 7.92. The Morgan fingerprint density at radius 3 is 2.68 bits per heavy atom. The van der Waals surface area contributed by atoms with Crippen LogP contribution in [0.4, 0.5) is 11.4 Å². The third-order valence-electron chi connectivity index (χ3n) is 6.38. The topological polar surface area (TPSA) is 67.4 Å². The Hall–Kier alpha value is -2.67. The summed E-state index contributed by atoms with van der Waals surface area (Å²) in [6.45, 7) is 2.30. The first kappa shape index (κ1) is 23.1. The summed E-state index contributed by atoms with van der Waals surface area (Å²) in [5.74, 6) is 0.840. The van der Waals surface area contributed by atoms with Gasteiger partial charge in [-0.2, -0.15) is 0 Å². The molecule has 5 rings (SSSR count). The van der Waals surface area contributed by atoms with Gasteiger partial charge < -0.3 is 10.1 Å². The lowest BCUT2D eigenvalue weighted by Crippen LogP contribution is -2.29. The number of halogens is 2. The van der Waals surface area contributed by atoms with Crippen LogP contribution in [0.15, 0.2) is 77.7 Å². The van der Waals surface area contributed by atoms with E-state index < -0.39 is 10.0 Å². The quantitative estimate of drug-likeness (QED) is 0.346. The van der Waals surface area contributed by atoms with Crippen LogP contribution < -0.4 is 14.8 Å². The largest absolute Gasteiger partial charge is 0.492 e. The Labute approximate surface area is 209 Å². The summed E-state index contributed by atoms with van der Waals surface area (Å²) < 4.78 is 34.8. The molecule has 0 fully saturated rings. The molecule has 2 aliphatic rings. The van der Waals surface area contributed by atoms with Crippen molar-refractivity contribution in [2.45, 2.75) is 30.2 Å². The van der Waals surface area contributed by atoms with Crippen LogP contribution in [0.3, 0.4) is 0 Å². The van der Waals surface area contributed by atoms with Crippen LogP contribution in [0.25, 0.3) is 0 Å². The summed E-state index contributed by atoms with van der Waals surface area (Å²) in [5, 5.41) is 4.66. The number of allylic oxidation sites excluding steroid dienone is 2. The van der Waals surface area contributed by atoms with Crippen molar-refractivity contribution in [3.05, 3.63) is 94.0 Å². The number of anilines is 2. The van der Waals surface area contributed by atoms with Gasteiger partial charge in [0.1, 0.15) is 5.75 Å². The van der Waals surface area contributed by atoms with Gasteiger partial charge in [-0.05, 0) is 72.9 Å². The molecule has 0 unspecified atom stereocenters. The molecule has 1 aliphatic heterocycles. The van der Waals surface area contributed by atoms with Crippen molar-refractivity contribution in [3.8, 4) is 5.75 Å². The second-order valence-corrected chi connectivity index (χ2v) is 10.9. The first-order valence-electron chi connectivity index (χ1n) is 11.1. The van der Waals surface area contributed by atoms with E-state index in [1.165, 1.54) is 0 Å². The molecule has 0 amide bonds. The SMILES string of the molecule is CCOc1ccccc1NS(=O)(=O)c1ccc2c(c1)[C@H]1C=CC[C@H]1[C@@H](c1ccc(Cl)c(Cl)c1)N2. The van der Waals surface area contributed by atoms with E-state index >= 15 is 0 Å². The molecular formula is C26H24Cl2N2O3S. The number of fused-ring (bicyclic) bond motifs is 3. The molecule has 3 aromatic rings. The molecule has 0 saturated carbocycles. The van der Waals surface area contributed by atoms with Gasteiger partial charge in [-0.15, -0.1) is 0 Å².